The molecule has 100 valence electrons. The Balaban J connectivity index is 1.91. The van der Waals surface area contributed by atoms with Gasteiger partial charge in [-0.05, 0) is 44.2 Å². The number of nitrogens with one attached hydrogen (secondary N) is 1. The molecule has 0 saturated heterocycles. The molecule has 3 nitrogen and oxygen atoms in total. The zero-order chi connectivity index (χ0) is 13.2. The standard InChI is InChI=1S/C15H19N3S/c1-3-7-16-15-18-14(9-19-15)12-8-11-5-4-6-13(11)17-10(12)2/h8-9H,3-7H2,1-2H3,(H,16,18). The molecule has 1 N–H and O–H groups in total. The van der Waals surface area contributed by atoms with Gasteiger partial charge in [0.05, 0.1) is 5.69 Å². The maximum Gasteiger partial charge on any atom is 0.183 e. The summed E-state index contributed by atoms with van der Waals surface area (Å²) >= 11 is 1.68. The van der Waals surface area contributed by atoms with Crippen LogP contribution in [0, 0.1) is 6.92 Å². The van der Waals surface area contributed by atoms with Gasteiger partial charge in [-0.2, -0.15) is 0 Å². The van der Waals surface area contributed by atoms with Gasteiger partial charge >= 0.3 is 0 Å². The van der Waals surface area contributed by atoms with Crippen LogP contribution in [-0.2, 0) is 12.8 Å². The molecule has 1 aliphatic carbocycles. The van der Waals surface area contributed by atoms with Crippen molar-refractivity contribution in [2.75, 3.05) is 11.9 Å². The van der Waals surface area contributed by atoms with E-state index in [0.717, 1.165) is 35.9 Å². The lowest BCUT2D eigenvalue weighted by Crippen LogP contribution is -1.99. The summed E-state index contributed by atoms with van der Waals surface area (Å²) in [5.41, 5.74) is 6.07. The van der Waals surface area contributed by atoms with Crippen molar-refractivity contribution in [1.29, 1.82) is 0 Å². The van der Waals surface area contributed by atoms with E-state index in [4.69, 9.17) is 4.98 Å². The predicted molar refractivity (Wildman–Crippen MR) is 80.9 cm³/mol. The van der Waals surface area contributed by atoms with Crippen molar-refractivity contribution in [2.24, 2.45) is 0 Å². The number of aryl methyl sites for hydroxylation is 3. The average molecular weight is 273 g/mol. The highest BCUT2D eigenvalue weighted by Gasteiger charge is 2.16. The molecule has 0 bridgehead atoms. The molecule has 19 heavy (non-hydrogen) atoms. The van der Waals surface area contributed by atoms with Gasteiger partial charge in [-0.25, -0.2) is 4.98 Å². The minimum absolute atomic E-state index is 0.981. The highest BCUT2D eigenvalue weighted by atomic mass is 32.1. The SMILES string of the molecule is CCCNc1nc(-c2cc3c(nc2C)CCC3)cs1. The summed E-state index contributed by atoms with van der Waals surface area (Å²) in [5.74, 6) is 0. The molecule has 0 unspecified atom stereocenters. The van der Waals surface area contributed by atoms with Gasteiger partial charge in [0, 0.05) is 28.9 Å². The molecule has 3 rings (SSSR count). The number of thiazole rings is 1. The number of fused-ring (bicyclic) bond motifs is 1. The van der Waals surface area contributed by atoms with Crippen LogP contribution in [0.2, 0.25) is 0 Å². The van der Waals surface area contributed by atoms with E-state index in [2.05, 4.69) is 35.6 Å². The second-order valence-corrected chi connectivity index (χ2v) is 5.90. The van der Waals surface area contributed by atoms with Gasteiger partial charge in [-0.1, -0.05) is 6.92 Å². The third-order valence-corrected chi connectivity index (χ3v) is 4.35. The summed E-state index contributed by atoms with van der Waals surface area (Å²) in [4.78, 5) is 9.42. The predicted octanol–water partition coefficient (Wildman–Crippen LogP) is 3.82. The van der Waals surface area contributed by atoms with Crippen LogP contribution < -0.4 is 5.32 Å². The Labute approximate surface area is 118 Å². The fraction of sp³-hybridized carbons (Fsp3) is 0.467. The Kier molecular flexibility index (Phi) is 3.51. The highest BCUT2D eigenvalue weighted by molar-refractivity contribution is 7.14. The maximum atomic E-state index is 4.75. The number of nitrogens with zero attached hydrogens (tertiary/aromatic N) is 2. The van der Waals surface area contributed by atoms with Crippen LogP contribution >= 0.6 is 11.3 Å². The molecule has 2 heterocycles. The molecule has 0 amide bonds. The maximum absolute atomic E-state index is 4.75. The molecule has 2 aromatic rings. The van der Waals surface area contributed by atoms with Gasteiger partial charge < -0.3 is 5.32 Å². The van der Waals surface area contributed by atoms with Crippen LogP contribution in [0.1, 0.15) is 36.7 Å². The fourth-order valence-electron chi connectivity index (χ4n) is 2.55. The first-order valence-corrected chi connectivity index (χ1v) is 7.85. The Morgan fingerprint density at radius 1 is 1.32 bits per heavy atom. The number of hydrogen-bond acceptors (Lipinski definition) is 4. The number of anilines is 1. The zero-order valence-electron chi connectivity index (χ0n) is 11.5. The summed E-state index contributed by atoms with van der Waals surface area (Å²) in [7, 11) is 0. The molecular weight excluding hydrogens is 254 g/mol. The zero-order valence-corrected chi connectivity index (χ0v) is 12.3. The van der Waals surface area contributed by atoms with Gasteiger partial charge in [0.25, 0.3) is 0 Å². The largest absolute Gasteiger partial charge is 0.362 e. The fourth-order valence-corrected chi connectivity index (χ4v) is 3.28. The van der Waals surface area contributed by atoms with E-state index < -0.39 is 0 Å². The Bertz CT molecular complexity index is 589. The van der Waals surface area contributed by atoms with Crippen molar-refractivity contribution in [3.05, 3.63) is 28.4 Å². The summed E-state index contributed by atoms with van der Waals surface area (Å²) in [5, 5.41) is 6.48. The third kappa shape index (κ3) is 2.50. The van der Waals surface area contributed by atoms with Crippen molar-refractivity contribution < 1.29 is 0 Å². The molecule has 4 heteroatoms. The van der Waals surface area contributed by atoms with Crippen LogP contribution in [0.4, 0.5) is 5.13 Å². The lowest BCUT2D eigenvalue weighted by atomic mass is 10.1. The summed E-state index contributed by atoms with van der Waals surface area (Å²) in [6.07, 6.45) is 4.66. The van der Waals surface area contributed by atoms with E-state index in [9.17, 15) is 0 Å². The average Bonchev–Trinajstić information content (AvgIpc) is 3.03. The van der Waals surface area contributed by atoms with E-state index in [1.54, 1.807) is 11.3 Å². The molecular formula is C15H19N3S. The van der Waals surface area contributed by atoms with Crippen LogP contribution in [0.5, 0.6) is 0 Å². The summed E-state index contributed by atoms with van der Waals surface area (Å²) in [6, 6.07) is 2.29. The number of rotatable bonds is 4. The second-order valence-electron chi connectivity index (χ2n) is 5.05. The van der Waals surface area contributed by atoms with Crippen LogP contribution in [0.25, 0.3) is 11.3 Å². The highest BCUT2D eigenvalue weighted by Crippen LogP contribution is 2.31. The van der Waals surface area contributed by atoms with E-state index in [-0.39, 0.29) is 0 Å². The van der Waals surface area contributed by atoms with Crippen molar-refractivity contribution in [2.45, 2.75) is 39.5 Å². The van der Waals surface area contributed by atoms with Gasteiger partial charge in [0.15, 0.2) is 5.13 Å². The molecule has 0 aliphatic heterocycles. The van der Waals surface area contributed by atoms with Crippen LogP contribution in [0.15, 0.2) is 11.4 Å². The van der Waals surface area contributed by atoms with Gasteiger partial charge in [-0.15, -0.1) is 11.3 Å². The second kappa shape index (κ2) is 5.29. The molecule has 0 fully saturated rings. The molecule has 0 radical (unpaired) electrons. The third-order valence-electron chi connectivity index (χ3n) is 3.55. The summed E-state index contributed by atoms with van der Waals surface area (Å²) < 4.78 is 0. The Morgan fingerprint density at radius 2 is 2.21 bits per heavy atom. The topological polar surface area (TPSA) is 37.8 Å². The first kappa shape index (κ1) is 12.6. The Morgan fingerprint density at radius 3 is 3.05 bits per heavy atom. The molecule has 0 saturated carbocycles. The monoisotopic (exact) mass is 273 g/mol. The molecule has 0 spiro atoms. The number of pyridine rings is 1. The lowest BCUT2D eigenvalue weighted by Gasteiger charge is -2.06. The van der Waals surface area contributed by atoms with Crippen LogP contribution in [-0.4, -0.2) is 16.5 Å². The van der Waals surface area contributed by atoms with Crippen molar-refractivity contribution in [1.82, 2.24) is 9.97 Å². The van der Waals surface area contributed by atoms with Gasteiger partial charge in [-0.3, -0.25) is 4.98 Å². The smallest absolute Gasteiger partial charge is 0.183 e. The first-order valence-electron chi connectivity index (χ1n) is 6.97. The summed E-state index contributed by atoms with van der Waals surface area (Å²) in [6.45, 7) is 5.23. The normalized spacial score (nSPS) is 13.6. The van der Waals surface area contributed by atoms with Crippen molar-refractivity contribution in [3.63, 3.8) is 0 Å². The van der Waals surface area contributed by atoms with Crippen LogP contribution in [0.3, 0.4) is 0 Å². The van der Waals surface area contributed by atoms with E-state index >= 15 is 0 Å². The van der Waals surface area contributed by atoms with Crippen molar-refractivity contribution in [3.8, 4) is 11.3 Å². The molecule has 1 aliphatic rings. The lowest BCUT2D eigenvalue weighted by molar-refractivity contribution is 0.897. The van der Waals surface area contributed by atoms with Crippen molar-refractivity contribution >= 4 is 16.5 Å². The Hall–Kier alpha value is -1.42. The minimum atomic E-state index is 0.981. The van der Waals surface area contributed by atoms with E-state index in [0.29, 0.717) is 0 Å². The van der Waals surface area contributed by atoms with E-state index in [1.165, 1.54) is 29.7 Å². The number of hydrogen-bond donors (Lipinski definition) is 1. The molecule has 2 aromatic heterocycles. The first-order chi connectivity index (χ1) is 9.28. The number of aromatic nitrogens is 2. The van der Waals surface area contributed by atoms with E-state index in [1.807, 2.05) is 0 Å². The van der Waals surface area contributed by atoms with Gasteiger partial charge in [0.1, 0.15) is 0 Å². The quantitative estimate of drug-likeness (QED) is 0.920. The molecule has 0 aromatic carbocycles. The molecule has 0 atom stereocenters. The van der Waals surface area contributed by atoms with Gasteiger partial charge in [0.2, 0.25) is 0 Å². The minimum Gasteiger partial charge on any atom is -0.362 e.